The molecule has 0 aliphatic carbocycles. The van der Waals surface area contributed by atoms with Crippen LogP contribution in [0.3, 0.4) is 0 Å². The Morgan fingerprint density at radius 3 is 2.65 bits per heavy atom. The Balaban J connectivity index is 1.78. The van der Waals surface area contributed by atoms with Crippen LogP contribution >= 0.6 is 0 Å². The molecule has 23 heavy (non-hydrogen) atoms. The molecule has 7 nitrogen and oxygen atoms in total. The predicted octanol–water partition coefficient (Wildman–Crippen LogP) is 1.94. The van der Waals surface area contributed by atoms with Crippen LogP contribution < -0.4 is 5.32 Å². The number of hydrogen-bond donors (Lipinski definition) is 1. The minimum Gasteiger partial charge on any atom is -0.361 e. The van der Waals surface area contributed by atoms with Crippen LogP contribution in [-0.2, 0) is 16.6 Å². The van der Waals surface area contributed by atoms with Crippen molar-refractivity contribution in [1.82, 2.24) is 10.1 Å². The number of anilines is 1. The number of rotatable bonds is 4. The normalized spacial score (nSPS) is 15.9. The van der Waals surface area contributed by atoms with Crippen LogP contribution in [0.25, 0.3) is 0 Å². The molecule has 2 aromatic rings. The van der Waals surface area contributed by atoms with Crippen molar-refractivity contribution in [2.24, 2.45) is 4.40 Å². The smallest absolute Gasteiger partial charge is 0.286 e. The van der Waals surface area contributed by atoms with E-state index in [1.165, 1.54) is 0 Å². The number of fused-ring (bicyclic) bond motifs is 1. The number of aromatic nitrogens is 1. The van der Waals surface area contributed by atoms with E-state index in [1.54, 1.807) is 24.3 Å². The molecule has 0 unspecified atom stereocenters. The van der Waals surface area contributed by atoms with Crippen LogP contribution in [0.5, 0.6) is 0 Å². The second-order valence-corrected chi connectivity index (χ2v) is 7.18. The quantitative estimate of drug-likeness (QED) is 0.919. The Labute approximate surface area is 135 Å². The van der Waals surface area contributed by atoms with Crippen LogP contribution in [-0.4, -0.2) is 37.9 Å². The molecule has 0 radical (unpaired) electrons. The average Bonchev–Trinajstić information content (AvgIpc) is 2.78. The van der Waals surface area contributed by atoms with Gasteiger partial charge in [-0.2, -0.15) is 8.42 Å². The molecule has 122 valence electrons. The lowest BCUT2D eigenvalue weighted by Gasteiger charge is -2.22. The van der Waals surface area contributed by atoms with Gasteiger partial charge in [-0.3, -0.25) is 4.90 Å². The lowest BCUT2D eigenvalue weighted by atomic mass is 10.2. The SMILES string of the molecule is Cc1noc(C)c1CN(C)CC1=NS(=O)(=O)c2ccccc2N1. The lowest BCUT2D eigenvalue weighted by molar-refractivity contribution is 0.363. The summed E-state index contributed by atoms with van der Waals surface area (Å²) >= 11 is 0. The van der Waals surface area contributed by atoms with E-state index in [-0.39, 0.29) is 4.90 Å². The zero-order valence-electron chi connectivity index (χ0n) is 13.2. The van der Waals surface area contributed by atoms with Crippen LogP contribution in [0, 0.1) is 13.8 Å². The first-order chi connectivity index (χ1) is 10.9. The second-order valence-electron chi connectivity index (χ2n) is 5.61. The molecule has 1 N–H and O–H groups in total. The average molecular weight is 334 g/mol. The van der Waals surface area contributed by atoms with Gasteiger partial charge < -0.3 is 9.84 Å². The largest absolute Gasteiger partial charge is 0.361 e. The van der Waals surface area contributed by atoms with Gasteiger partial charge in [0, 0.05) is 12.1 Å². The molecule has 0 fully saturated rings. The molecule has 0 saturated heterocycles. The van der Waals surface area contributed by atoms with Gasteiger partial charge in [0.25, 0.3) is 10.0 Å². The topological polar surface area (TPSA) is 87.8 Å². The Morgan fingerprint density at radius 2 is 1.96 bits per heavy atom. The first kappa shape index (κ1) is 15.7. The number of likely N-dealkylation sites (N-methyl/N-ethyl adjacent to an activating group) is 1. The van der Waals surface area contributed by atoms with Crippen LogP contribution in [0.2, 0.25) is 0 Å². The Kier molecular flexibility index (Phi) is 3.95. The Hall–Kier alpha value is -2.19. The number of sulfonamides is 1. The Bertz CT molecular complexity index is 851. The molecule has 3 rings (SSSR count). The summed E-state index contributed by atoms with van der Waals surface area (Å²) in [4.78, 5) is 2.17. The van der Waals surface area contributed by atoms with Gasteiger partial charge >= 0.3 is 0 Å². The van der Waals surface area contributed by atoms with E-state index < -0.39 is 10.0 Å². The number of aryl methyl sites for hydroxylation is 2. The molecule has 8 heteroatoms. The second kappa shape index (κ2) is 5.78. The van der Waals surface area contributed by atoms with Gasteiger partial charge in [0.2, 0.25) is 0 Å². The first-order valence-electron chi connectivity index (χ1n) is 7.17. The summed E-state index contributed by atoms with van der Waals surface area (Å²) in [6.45, 7) is 4.72. The van der Waals surface area contributed by atoms with Gasteiger partial charge in [-0.1, -0.05) is 17.3 Å². The molecule has 2 heterocycles. The fourth-order valence-electron chi connectivity index (χ4n) is 2.54. The van der Waals surface area contributed by atoms with E-state index in [4.69, 9.17) is 4.52 Å². The third kappa shape index (κ3) is 3.13. The highest BCUT2D eigenvalue weighted by Crippen LogP contribution is 2.26. The van der Waals surface area contributed by atoms with E-state index in [2.05, 4.69) is 14.9 Å². The molecule has 1 aromatic heterocycles. The van der Waals surface area contributed by atoms with Crippen molar-refractivity contribution in [3.8, 4) is 0 Å². The first-order valence-corrected chi connectivity index (χ1v) is 8.61. The summed E-state index contributed by atoms with van der Waals surface area (Å²) in [6.07, 6.45) is 0. The molecule has 0 amide bonds. The minimum atomic E-state index is -3.65. The standard InChI is InChI=1S/C15H18N4O3S/c1-10-12(11(2)22-17-10)8-19(3)9-15-16-13-6-4-5-7-14(13)23(20,21)18-15/h4-7H,8-9H2,1-3H3,(H,16,18). The van der Waals surface area contributed by atoms with Crippen LogP contribution in [0.1, 0.15) is 17.0 Å². The van der Waals surface area contributed by atoms with E-state index in [0.717, 1.165) is 17.0 Å². The molecule has 0 atom stereocenters. The monoisotopic (exact) mass is 334 g/mol. The number of para-hydroxylation sites is 1. The summed E-state index contributed by atoms with van der Waals surface area (Å²) in [5, 5.41) is 7.01. The van der Waals surface area contributed by atoms with Crippen molar-refractivity contribution < 1.29 is 12.9 Å². The highest BCUT2D eigenvalue weighted by Gasteiger charge is 2.25. The van der Waals surface area contributed by atoms with Crippen molar-refractivity contribution in [1.29, 1.82) is 0 Å². The van der Waals surface area contributed by atoms with Crippen molar-refractivity contribution in [2.75, 3.05) is 18.9 Å². The molecule has 1 aliphatic rings. The summed E-state index contributed by atoms with van der Waals surface area (Å²) in [5.41, 5.74) is 2.40. The maximum Gasteiger partial charge on any atom is 0.286 e. The van der Waals surface area contributed by atoms with Crippen LogP contribution in [0.15, 0.2) is 38.1 Å². The molecule has 0 bridgehead atoms. The molecule has 0 spiro atoms. The van der Waals surface area contributed by atoms with Gasteiger partial charge in [-0.25, -0.2) is 0 Å². The third-order valence-corrected chi connectivity index (χ3v) is 5.08. The maximum atomic E-state index is 12.2. The highest BCUT2D eigenvalue weighted by atomic mass is 32.2. The highest BCUT2D eigenvalue weighted by molar-refractivity contribution is 7.90. The lowest BCUT2D eigenvalue weighted by Crippen LogP contribution is -2.33. The number of hydrogen-bond acceptors (Lipinski definition) is 6. The molecular weight excluding hydrogens is 316 g/mol. The maximum absolute atomic E-state index is 12.2. The number of benzene rings is 1. The van der Waals surface area contributed by atoms with Crippen molar-refractivity contribution in [3.63, 3.8) is 0 Å². The Morgan fingerprint density at radius 1 is 1.22 bits per heavy atom. The van der Waals surface area contributed by atoms with Crippen molar-refractivity contribution in [2.45, 2.75) is 25.3 Å². The van der Waals surface area contributed by atoms with Gasteiger partial charge in [-0.05, 0) is 33.0 Å². The molecule has 1 aliphatic heterocycles. The molecular formula is C15H18N4O3S. The van der Waals surface area contributed by atoms with Crippen molar-refractivity contribution >= 4 is 21.5 Å². The fraction of sp³-hybridized carbons (Fsp3) is 0.333. The van der Waals surface area contributed by atoms with Crippen LogP contribution in [0.4, 0.5) is 5.69 Å². The van der Waals surface area contributed by atoms with E-state index in [0.29, 0.717) is 24.6 Å². The van der Waals surface area contributed by atoms with E-state index >= 15 is 0 Å². The van der Waals surface area contributed by atoms with Gasteiger partial charge in [0.05, 0.1) is 17.9 Å². The number of nitrogens with one attached hydrogen (secondary N) is 1. The number of amidine groups is 1. The fourth-order valence-corrected chi connectivity index (χ4v) is 3.68. The third-order valence-electron chi connectivity index (χ3n) is 3.70. The van der Waals surface area contributed by atoms with Gasteiger partial charge in [0.1, 0.15) is 16.5 Å². The van der Waals surface area contributed by atoms with Crippen molar-refractivity contribution in [3.05, 3.63) is 41.3 Å². The predicted molar refractivity (Wildman–Crippen MR) is 87.0 cm³/mol. The van der Waals surface area contributed by atoms with Gasteiger partial charge in [0.15, 0.2) is 0 Å². The summed E-state index contributed by atoms with van der Waals surface area (Å²) in [7, 11) is -1.76. The zero-order chi connectivity index (χ0) is 16.6. The molecule has 1 aromatic carbocycles. The zero-order valence-corrected chi connectivity index (χ0v) is 14.0. The van der Waals surface area contributed by atoms with E-state index in [1.807, 2.05) is 25.8 Å². The summed E-state index contributed by atoms with van der Waals surface area (Å²) in [5.74, 6) is 1.17. The number of nitrogens with zero attached hydrogens (tertiary/aromatic N) is 3. The molecule has 0 saturated carbocycles. The van der Waals surface area contributed by atoms with E-state index in [9.17, 15) is 8.42 Å². The summed E-state index contributed by atoms with van der Waals surface area (Å²) < 4.78 is 33.5. The summed E-state index contributed by atoms with van der Waals surface area (Å²) in [6, 6.07) is 6.75. The minimum absolute atomic E-state index is 0.206. The van der Waals surface area contributed by atoms with Gasteiger partial charge in [-0.15, -0.1) is 4.40 Å².